The second-order valence-electron chi connectivity index (χ2n) is 5.64. The third-order valence-electron chi connectivity index (χ3n) is 3.98. The molecular formula is C17H25ClN4O2. The van der Waals surface area contributed by atoms with E-state index in [9.17, 15) is 4.79 Å². The molecule has 0 aliphatic carbocycles. The summed E-state index contributed by atoms with van der Waals surface area (Å²) in [5, 5.41) is 3.93. The van der Waals surface area contributed by atoms with E-state index in [1.807, 2.05) is 29.2 Å². The molecule has 6 nitrogen and oxygen atoms in total. The van der Waals surface area contributed by atoms with Crippen molar-refractivity contribution >= 4 is 23.5 Å². The van der Waals surface area contributed by atoms with Crippen LogP contribution in [0.4, 0.5) is 0 Å². The molecule has 2 rings (SSSR count). The van der Waals surface area contributed by atoms with Crippen molar-refractivity contribution in [3.8, 4) is 0 Å². The normalized spacial score (nSPS) is 15.5. The van der Waals surface area contributed by atoms with Crippen LogP contribution >= 0.6 is 11.6 Å². The number of rotatable bonds is 5. The Hall–Kier alpha value is -1.79. The number of aliphatic imine (C=N–C) groups is 1. The highest BCUT2D eigenvalue weighted by atomic mass is 35.5. The highest BCUT2D eigenvalue weighted by Gasteiger charge is 2.22. The number of halogens is 1. The van der Waals surface area contributed by atoms with E-state index in [1.165, 1.54) is 0 Å². The molecule has 132 valence electrons. The Balaban J connectivity index is 1.82. The first-order valence-corrected chi connectivity index (χ1v) is 8.48. The van der Waals surface area contributed by atoms with Gasteiger partial charge in [0.05, 0.1) is 13.0 Å². The van der Waals surface area contributed by atoms with Crippen molar-refractivity contribution < 1.29 is 9.53 Å². The average molecular weight is 353 g/mol. The first kappa shape index (κ1) is 18.5. The Morgan fingerprint density at radius 2 is 2.00 bits per heavy atom. The summed E-state index contributed by atoms with van der Waals surface area (Å²) in [6.45, 7) is 4.30. The van der Waals surface area contributed by atoms with Gasteiger partial charge in [0.2, 0.25) is 5.91 Å². The molecule has 0 unspecified atom stereocenters. The molecule has 1 N–H and O–H groups in total. The van der Waals surface area contributed by atoms with Gasteiger partial charge in [0, 0.05) is 51.9 Å². The second kappa shape index (κ2) is 9.49. The van der Waals surface area contributed by atoms with Gasteiger partial charge in [0.1, 0.15) is 0 Å². The lowest BCUT2D eigenvalue weighted by atomic mass is 10.1. The molecule has 0 bridgehead atoms. The van der Waals surface area contributed by atoms with Crippen molar-refractivity contribution in [2.45, 2.75) is 6.42 Å². The molecule has 1 aromatic rings. The Morgan fingerprint density at radius 3 is 2.62 bits per heavy atom. The van der Waals surface area contributed by atoms with Crippen LogP contribution in [-0.2, 0) is 16.0 Å². The van der Waals surface area contributed by atoms with Gasteiger partial charge in [-0.15, -0.1) is 0 Å². The maximum Gasteiger partial charge on any atom is 0.227 e. The Kier molecular flexibility index (Phi) is 7.34. The minimum Gasteiger partial charge on any atom is -0.383 e. The predicted molar refractivity (Wildman–Crippen MR) is 96.5 cm³/mol. The number of methoxy groups -OCH3 is 1. The van der Waals surface area contributed by atoms with Crippen LogP contribution in [0.15, 0.2) is 29.3 Å². The number of carbonyl (C=O) groups is 1. The number of nitrogens with zero attached hydrogens (tertiary/aromatic N) is 3. The molecule has 1 aliphatic rings. The van der Waals surface area contributed by atoms with Gasteiger partial charge in [-0.25, -0.2) is 0 Å². The molecule has 0 aromatic heterocycles. The van der Waals surface area contributed by atoms with Crippen molar-refractivity contribution in [1.29, 1.82) is 0 Å². The summed E-state index contributed by atoms with van der Waals surface area (Å²) in [5.74, 6) is 0.994. The summed E-state index contributed by atoms with van der Waals surface area (Å²) >= 11 is 5.98. The smallest absolute Gasteiger partial charge is 0.227 e. The van der Waals surface area contributed by atoms with Crippen LogP contribution in [0.25, 0.3) is 0 Å². The molecule has 1 fully saturated rings. The lowest BCUT2D eigenvalue weighted by Gasteiger charge is -2.36. The van der Waals surface area contributed by atoms with Crippen molar-refractivity contribution in [2.24, 2.45) is 4.99 Å². The van der Waals surface area contributed by atoms with E-state index in [0.717, 1.165) is 31.2 Å². The third kappa shape index (κ3) is 5.39. The summed E-state index contributed by atoms with van der Waals surface area (Å²) in [7, 11) is 3.44. The maximum atomic E-state index is 12.4. The number of carbonyl (C=O) groups excluding carboxylic acids is 1. The zero-order valence-corrected chi connectivity index (χ0v) is 15.1. The summed E-state index contributed by atoms with van der Waals surface area (Å²) in [6.07, 6.45) is 0.390. The number of hydrogen-bond acceptors (Lipinski definition) is 3. The molecule has 1 aromatic carbocycles. The number of ether oxygens (including phenoxy) is 1. The molecule has 0 atom stereocenters. The summed E-state index contributed by atoms with van der Waals surface area (Å²) in [5.41, 5.74) is 0.951. The zero-order chi connectivity index (χ0) is 17.4. The van der Waals surface area contributed by atoms with Crippen LogP contribution in [0.2, 0.25) is 5.02 Å². The van der Waals surface area contributed by atoms with E-state index in [4.69, 9.17) is 16.3 Å². The number of nitrogens with one attached hydrogen (secondary N) is 1. The molecule has 1 aliphatic heterocycles. The molecular weight excluding hydrogens is 328 g/mol. The van der Waals surface area contributed by atoms with Crippen LogP contribution in [0.5, 0.6) is 0 Å². The number of amides is 1. The first-order chi connectivity index (χ1) is 11.6. The fourth-order valence-electron chi connectivity index (χ4n) is 2.70. The highest BCUT2D eigenvalue weighted by Crippen LogP contribution is 2.13. The van der Waals surface area contributed by atoms with Gasteiger partial charge in [-0.3, -0.25) is 9.79 Å². The molecule has 1 heterocycles. The van der Waals surface area contributed by atoms with Gasteiger partial charge in [-0.1, -0.05) is 23.7 Å². The lowest BCUT2D eigenvalue weighted by molar-refractivity contribution is -0.131. The van der Waals surface area contributed by atoms with E-state index in [1.54, 1.807) is 14.2 Å². The summed E-state index contributed by atoms with van der Waals surface area (Å²) in [6, 6.07) is 7.47. The third-order valence-corrected chi connectivity index (χ3v) is 4.21. The fourth-order valence-corrected chi connectivity index (χ4v) is 2.91. The van der Waals surface area contributed by atoms with E-state index in [-0.39, 0.29) is 5.91 Å². The minimum atomic E-state index is 0.138. The monoisotopic (exact) mass is 352 g/mol. The summed E-state index contributed by atoms with van der Waals surface area (Å²) < 4.78 is 5.04. The minimum absolute atomic E-state index is 0.138. The van der Waals surface area contributed by atoms with Crippen LogP contribution in [0.3, 0.4) is 0 Å². The number of guanidine groups is 1. The molecule has 24 heavy (non-hydrogen) atoms. The predicted octanol–water partition coefficient (Wildman–Crippen LogP) is 1.25. The van der Waals surface area contributed by atoms with Crippen LogP contribution < -0.4 is 5.32 Å². The zero-order valence-electron chi connectivity index (χ0n) is 14.3. The molecule has 0 saturated carbocycles. The van der Waals surface area contributed by atoms with Crippen LogP contribution in [0.1, 0.15) is 5.56 Å². The Morgan fingerprint density at radius 1 is 1.29 bits per heavy atom. The van der Waals surface area contributed by atoms with Crippen molar-refractivity contribution in [2.75, 3.05) is 53.5 Å². The Bertz CT molecular complexity index is 571. The van der Waals surface area contributed by atoms with E-state index in [2.05, 4.69) is 15.2 Å². The van der Waals surface area contributed by atoms with Crippen LogP contribution in [0, 0.1) is 0 Å². The molecule has 1 saturated heterocycles. The average Bonchev–Trinajstić information content (AvgIpc) is 2.59. The molecule has 0 spiro atoms. The molecule has 1 amide bonds. The molecule has 0 radical (unpaired) electrons. The quantitative estimate of drug-likeness (QED) is 0.492. The van der Waals surface area contributed by atoms with Crippen molar-refractivity contribution in [3.63, 3.8) is 0 Å². The lowest BCUT2D eigenvalue weighted by Crippen LogP contribution is -2.54. The largest absolute Gasteiger partial charge is 0.383 e. The standard InChI is InChI=1S/C17H25ClN4O2/c1-19-17(20-6-11-24-2)22-9-7-21(8-10-22)16(23)13-14-4-3-5-15(18)12-14/h3-5,12H,6-11,13H2,1-2H3,(H,19,20). The van der Waals surface area contributed by atoms with Gasteiger partial charge in [-0.2, -0.15) is 0 Å². The Labute approximate surface area is 148 Å². The van der Waals surface area contributed by atoms with E-state index in [0.29, 0.717) is 31.1 Å². The van der Waals surface area contributed by atoms with E-state index >= 15 is 0 Å². The van der Waals surface area contributed by atoms with Crippen molar-refractivity contribution in [3.05, 3.63) is 34.9 Å². The maximum absolute atomic E-state index is 12.4. The van der Waals surface area contributed by atoms with Crippen molar-refractivity contribution in [1.82, 2.24) is 15.1 Å². The number of benzene rings is 1. The van der Waals surface area contributed by atoms with Gasteiger partial charge < -0.3 is 19.9 Å². The number of piperazine rings is 1. The van der Waals surface area contributed by atoms with E-state index < -0.39 is 0 Å². The van der Waals surface area contributed by atoms with Gasteiger partial charge in [-0.05, 0) is 17.7 Å². The van der Waals surface area contributed by atoms with Gasteiger partial charge in [0.15, 0.2) is 5.96 Å². The van der Waals surface area contributed by atoms with Gasteiger partial charge in [0.25, 0.3) is 0 Å². The fraction of sp³-hybridized carbons (Fsp3) is 0.529. The second-order valence-corrected chi connectivity index (χ2v) is 6.08. The topological polar surface area (TPSA) is 57.2 Å². The molecule has 7 heteroatoms. The summed E-state index contributed by atoms with van der Waals surface area (Å²) in [4.78, 5) is 20.8. The van der Waals surface area contributed by atoms with Gasteiger partial charge >= 0.3 is 0 Å². The van der Waals surface area contributed by atoms with Crippen LogP contribution in [-0.4, -0.2) is 75.2 Å². The SMILES string of the molecule is CN=C(NCCOC)N1CCN(C(=O)Cc2cccc(Cl)c2)CC1. The highest BCUT2D eigenvalue weighted by molar-refractivity contribution is 6.30. The number of hydrogen-bond donors (Lipinski definition) is 1. The first-order valence-electron chi connectivity index (χ1n) is 8.11.